The summed E-state index contributed by atoms with van der Waals surface area (Å²) in [5.41, 5.74) is 5.99. The van der Waals surface area contributed by atoms with Crippen molar-refractivity contribution in [2.45, 2.75) is 31.3 Å². The number of halogens is 1. The van der Waals surface area contributed by atoms with E-state index in [0.29, 0.717) is 6.54 Å². The van der Waals surface area contributed by atoms with Crippen molar-refractivity contribution in [1.29, 1.82) is 0 Å². The lowest BCUT2D eigenvalue weighted by Gasteiger charge is -2.16. The molecule has 114 valence electrons. The molecule has 3 N–H and O–H groups in total. The zero-order chi connectivity index (χ0) is 15.6. The second kappa shape index (κ2) is 5.82. The van der Waals surface area contributed by atoms with Crippen molar-refractivity contribution in [3.05, 3.63) is 42.2 Å². The molecule has 0 aliphatic rings. The average Bonchev–Trinajstić information content (AvgIpc) is 2.85. The highest BCUT2D eigenvalue weighted by molar-refractivity contribution is 7.89. The van der Waals surface area contributed by atoms with Crippen LogP contribution in [0.3, 0.4) is 0 Å². The van der Waals surface area contributed by atoms with E-state index in [1.807, 2.05) is 0 Å². The molecule has 0 aliphatic carbocycles. The van der Waals surface area contributed by atoms with Crippen molar-refractivity contribution in [2.24, 2.45) is 0 Å². The smallest absolute Gasteiger partial charge is 0.243 e. The predicted octanol–water partition coefficient (Wildman–Crippen LogP) is 1.28. The van der Waals surface area contributed by atoms with Gasteiger partial charge in [0.25, 0.3) is 0 Å². The largest absolute Gasteiger partial charge is 0.399 e. The first-order chi connectivity index (χ1) is 9.79. The van der Waals surface area contributed by atoms with E-state index in [0.717, 1.165) is 6.07 Å². The summed E-state index contributed by atoms with van der Waals surface area (Å²) in [4.78, 5) is 3.44. The summed E-state index contributed by atoms with van der Waals surface area (Å²) in [6, 6.07) is 2.09. The van der Waals surface area contributed by atoms with E-state index in [4.69, 9.17) is 5.73 Å². The van der Waals surface area contributed by atoms with Gasteiger partial charge in [-0.05, 0) is 31.5 Å². The van der Waals surface area contributed by atoms with E-state index in [1.54, 1.807) is 30.2 Å². The van der Waals surface area contributed by atoms with Crippen LogP contribution in [-0.2, 0) is 16.6 Å². The van der Waals surface area contributed by atoms with Crippen LogP contribution in [0.4, 0.5) is 10.1 Å². The molecule has 1 heterocycles. The van der Waals surface area contributed by atoms with Crippen LogP contribution in [0.1, 0.15) is 12.5 Å². The molecule has 6 nitrogen and oxygen atoms in total. The number of aryl methyl sites for hydroxylation is 1. The highest BCUT2D eigenvalue weighted by Crippen LogP contribution is 2.21. The number of hydrogen-bond acceptors (Lipinski definition) is 4. The maximum Gasteiger partial charge on any atom is 0.243 e. The molecule has 1 aromatic carbocycles. The molecule has 0 aliphatic heterocycles. The van der Waals surface area contributed by atoms with Crippen molar-refractivity contribution in [1.82, 2.24) is 14.3 Å². The van der Waals surface area contributed by atoms with Crippen LogP contribution in [0.5, 0.6) is 0 Å². The van der Waals surface area contributed by atoms with Crippen molar-refractivity contribution in [3.63, 3.8) is 0 Å². The lowest BCUT2D eigenvalue weighted by molar-refractivity contribution is 0.512. The third-order valence-corrected chi connectivity index (χ3v) is 4.52. The minimum Gasteiger partial charge on any atom is -0.399 e. The van der Waals surface area contributed by atoms with Crippen LogP contribution in [0, 0.1) is 12.7 Å². The number of nitrogens with two attached hydrogens (primary N) is 1. The quantitative estimate of drug-likeness (QED) is 0.814. The first-order valence-electron chi connectivity index (χ1n) is 6.33. The Morgan fingerprint density at radius 1 is 1.48 bits per heavy atom. The van der Waals surface area contributed by atoms with Gasteiger partial charge in [-0.3, -0.25) is 0 Å². The molecule has 0 spiro atoms. The molecule has 1 atom stereocenters. The molecule has 0 radical (unpaired) electrons. The van der Waals surface area contributed by atoms with Crippen molar-refractivity contribution in [2.75, 3.05) is 5.73 Å². The number of aromatic nitrogens is 2. The number of imidazole rings is 1. The molecular weight excluding hydrogens is 295 g/mol. The number of nitrogen functional groups attached to an aromatic ring is 1. The first kappa shape index (κ1) is 15.5. The Balaban J connectivity index is 2.22. The van der Waals surface area contributed by atoms with E-state index in [1.165, 1.54) is 13.0 Å². The van der Waals surface area contributed by atoms with Gasteiger partial charge in [-0.2, -0.15) is 0 Å². The summed E-state index contributed by atoms with van der Waals surface area (Å²) < 4.78 is 42.7. The Labute approximate surface area is 122 Å². The summed E-state index contributed by atoms with van der Waals surface area (Å²) in [7, 11) is -3.98. The summed E-state index contributed by atoms with van der Waals surface area (Å²) in [6.45, 7) is 3.55. The Bertz CT molecular complexity index is 729. The standard InChI is InChI=1S/C13H17FN4O2S/c1-9-5-11(15)6-12(13(9)14)21(19,20)17-10(2)7-18-4-3-16-8-18/h3-6,8,10,17H,7,15H2,1-2H3. The second-order valence-corrected chi connectivity index (χ2v) is 6.61. The number of benzene rings is 1. The molecule has 2 aromatic rings. The van der Waals surface area contributed by atoms with Crippen LogP contribution in [0.2, 0.25) is 0 Å². The normalized spacial score (nSPS) is 13.3. The van der Waals surface area contributed by atoms with E-state index < -0.39 is 26.8 Å². The fourth-order valence-corrected chi connectivity index (χ4v) is 3.46. The van der Waals surface area contributed by atoms with Crippen LogP contribution in [0.15, 0.2) is 35.7 Å². The van der Waals surface area contributed by atoms with Crippen LogP contribution in [-0.4, -0.2) is 24.0 Å². The number of nitrogens with one attached hydrogen (secondary N) is 1. The highest BCUT2D eigenvalue weighted by atomic mass is 32.2. The van der Waals surface area contributed by atoms with Crippen LogP contribution >= 0.6 is 0 Å². The first-order valence-corrected chi connectivity index (χ1v) is 7.81. The number of sulfonamides is 1. The fraction of sp³-hybridized carbons (Fsp3) is 0.308. The zero-order valence-electron chi connectivity index (χ0n) is 11.7. The number of nitrogens with zero attached hydrogens (tertiary/aromatic N) is 2. The second-order valence-electron chi connectivity index (χ2n) is 4.93. The van der Waals surface area contributed by atoms with Crippen molar-refractivity contribution < 1.29 is 12.8 Å². The maximum absolute atomic E-state index is 14.0. The molecule has 8 heteroatoms. The third kappa shape index (κ3) is 3.59. The van der Waals surface area contributed by atoms with Gasteiger partial charge in [0, 0.05) is 30.7 Å². The molecule has 0 fully saturated rings. The Hall–Kier alpha value is -1.93. The number of rotatable bonds is 5. The SMILES string of the molecule is Cc1cc(N)cc(S(=O)(=O)NC(C)Cn2ccnc2)c1F. The van der Waals surface area contributed by atoms with E-state index >= 15 is 0 Å². The molecule has 0 amide bonds. The zero-order valence-corrected chi connectivity index (χ0v) is 12.6. The third-order valence-electron chi connectivity index (χ3n) is 2.93. The molecule has 0 bridgehead atoms. The monoisotopic (exact) mass is 312 g/mol. The topological polar surface area (TPSA) is 90.0 Å². The lowest BCUT2D eigenvalue weighted by atomic mass is 10.2. The summed E-state index contributed by atoms with van der Waals surface area (Å²) in [6.07, 6.45) is 4.90. The van der Waals surface area contributed by atoms with Gasteiger partial charge in [0.2, 0.25) is 10.0 Å². The Morgan fingerprint density at radius 2 is 2.19 bits per heavy atom. The molecule has 21 heavy (non-hydrogen) atoms. The van der Waals surface area contributed by atoms with Crippen LogP contribution in [0.25, 0.3) is 0 Å². The van der Waals surface area contributed by atoms with Gasteiger partial charge in [0.15, 0.2) is 0 Å². The minimum absolute atomic E-state index is 0.192. The van der Waals surface area contributed by atoms with E-state index in [-0.39, 0.29) is 11.3 Å². The molecular formula is C13H17FN4O2S. The van der Waals surface area contributed by atoms with Gasteiger partial charge < -0.3 is 10.3 Å². The summed E-state index contributed by atoms with van der Waals surface area (Å²) >= 11 is 0. The molecule has 1 aromatic heterocycles. The minimum atomic E-state index is -3.98. The van der Waals surface area contributed by atoms with Crippen molar-refractivity contribution >= 4 is 15.7 Å². The summed E-state index contributed by atoms with van der Waals surface area (Å²) in [5.74, 6) is -0.786. The van der Waals surface area contributed by atoms with Gasteiger partial charge in [-0.1, -0.05) is 0 Å². The van der Waals surface area contributed by atoms with E-state index in [9.17, 15) is 12.8 Å². The van der Waals surface area contributed by atoms with Crippen LogP contribution < -0.4 is 10.5 Å². The average molecular weight is 312 g/mol. The van der Waals surface area contributed by atoms with Crippen molar-refractivity contribution in [3.8, 4) is 0 Å². The lowest BCUT2D eigenvalue weighted by Crippen LogP contribution is -2.36. The molecule has 2 rings (SSSR count). The van der Waals surface area contributed by atoms with Gasteiger partial charge in [0.05, 0.1) is 6.33 Å². The van der Waals surface area contributed by atoms with Gasteiger partial charge >= 0.3 is 0 Å². The van der Waals surface area contributed by atoms with Gasteiger partial charge in [0.1, 0.15) is 10.7 Å². The maximum atomic E-state index is 14.0. The Morgan fingerprint density at radius 3 is 2.81 bits per heavy atom. The molecule has 0 saturated heterocycles. The highest BCUT2D eigenvalue weighted by Gasteiger charge is 2.23. The summed E-state index contributed by atoms with van der Waals surface area (Å²) in [5, 5.41) is 0. The molecule has 1 unspecified atom stereocenters. The van der Waals surface area contributed by atoms with E-state index in [2.05, 4.69) is 9.71 Å². The fourth-order valence-electron chi connectivity index (χ4n) is 2.04. The van der Waals surface area contributed by atoms with Gasteiger partial charge in [-0.15, -0.1) is 0 Å². The van der Waals surface area contributed by atoms with Gasteiger partial charge in [-0.25, -0.2) is 22.5 Å². The number of anilines is 1. The molecule has 0 saturated carbocycles. The Kier molecular flexibility index (Phi) is 4.29. The number of hydrogen-bond donors (Lipinski definition) is 2. The predicted molar refractivity (Wildman–Crippen MR) is 77.6 cm³/mol.